The van der Waals surface area contributed by atoms with Crippen molar-refractivity contribution in [3.05, 3.63) is 0 Å². The zero-order valence-corrected chi connectivity index (χ0v) is 15.6. The Morgan fingerprint density at radius 3 is 1.47 bits per heavy atom. The summed E-state index contributed by atoms with van der Waals surface area (Å²) < 4.78 is 2.10. The minimum absolute atomic E-state index is 1.03. The van der Waals surface area contributed by atoms with Gasteiger partial charge in [0.25, 0.3) is 0 Å². The zero-order chi connectivity index (χ0) is 13.5. The molecule has 2 rings (SSSR count). The van der Waals surface area contributed by atoms with Gasteiger partial charge in [0.15, 0.2) is 0 Å². The summed E-state index contributed by atoms with van der Waals surface area (Å²) in [6.07, 6.45) is 5.17. The number of hydrogen-bond acceptors (Lipinski definition) is 6. The van der Waals surface area contributed by atoms with E-state index in [0.717, 1.165) is 39.9 Å². The van der Waals surface area contributed by atoms with Gasteiger partial charge < -0.3 is 9.80 Å². The molecule has 2 saturated heterocycles. The Kier molecular flexibility index (Phi) is 8.06. The van der Waals surface area contributed by atoms with Crippen LogP contribution in [0.4, 0.5) is 0 Å². The fraction of sp³-hybridized carbons (Fsp3) is 0.818. The quantitative estimate of drug-likeness (QED) is 0.306. The summed E-state index contributed by atoms with van der Waals surface area (Å²) in [6.45, 7) is 4.58. The molecule has 2 heterocycles. The smallest absolute Gasteiger partial charge is 0.147 e. The molecule has 8 heteroatoms. The molecule has 0 N–H and O–H groups in total. The van der Waals surface area contributed by atoms with E-state index in [0.29, 0.717) is 0 Å². The molecule has 0 spiro atoms. The van der Waals surface area contributed by atoms with Crippen molar-refractivity contribution in [1.82, 2.24) is 9.80 Å². The van der Waals surface area contributed by atoms with Gasteiger partial charge in [-0.05, 0) is 47.3 Å². The summed E-state index contributed by atoms with van der Waals surface area (Å²) in [5, 5.41) is 1.03. The molecule has 0 aromatic heterocycles. The van der Waals surface area contributed by atoms with Crippen molar-refractivity contribution in [2.24, 2.45) is 0 Å². The summed E-state index contributed by atoms with van der Waals surface area (Å²) in [6, 6.07) is 0. The van der Waals surface area contributed by atoms with Crippen LogP contribution in [0.15, 0.2) is 0 Å². The van der Waals surface area contributed by atoms with E-state index in [9.17, 15) is 0 Å². The van der Waals surface area contributed by atoms with Gasteiger partial charge in [-0.25, -0.2) is 0 Å². The van der Waals surface area contributed by atoms with Crippen molar-refractivity contribution in [3.63, 3.8) is 0 Å². The highest BCUT2D eigenvalue weighted by Crippen LogP contribution is 2.36. The predicted molar refractivity (Wildman–Crippen MR) is 102 cm³/mol. The van der Waals surface area contributed by atoms with Crippen LogP contribution in [0.5, 0.6) is 0 Å². The lowest BCUT2D eigenvalue weighted by Gasteiger charge is -2.17. The van der Waals surface area contributed by atoms with E-state index in [1.807, 2.05) is 21.6 Å². The summed E-state index contributed by atoms with van der Waals surface area (Å²) >= 11 is 10.8. The first-order valence-electron chi connectivity index (χ1n) is 6.44. The second kappa shape index (κ2) is 9.25. The third-order valence-electron chi connectivity index (χ3n) is 3.09. The van der Waals surface area contributed by atoms with Gasteiger partial charge in [0.05, 0.1) is 5.08 Å². The van der Waals surface area contributed by atoms with E-state index in [2.05, 4.69) is 9.80 Å². The molecule has 0 unspecified atom stereocenters. The van der Waals surface area contributed by atoms with Crippen molar-refractivity contribution < 1.29 is 0 Å². The average molecular weight is 371 g/mol. The normalized spacial score (nSPS) is 19.2. The van der Waals surface area contributed by atoms with Gasteiger partial charge in [-0.1, -0.05) is 46.0 Å². The third-order valence-corrected chi connectivity index (χ3v) is 9.93. The Morgan fingerprint density at radius 1 is 0.737 bits per heavy atom. The molecule has 0 radical (unpaired) electrons. The van der Waals surface area contributed by atoms with E-state index in [4.69, 9.17) is 24.4 Å². The monoisotopic (exact) mass is 370 g/mol. The Balaban J connectivity index is 1.49. The van der Waals surface area contributed by atoms with Gasteiger partial charge in [-0.2, -0.15) is 0 Å². The molecule has 2 fully saturated rings. The average Bonchev–Trinajstić information content (AvgIpc) is 3.10. The lowest BCUT2D eigenvalue weighted by Crippen LogP contribution is -2.22. The molecule has 0 atom stereocenters. The first-order valence-corrected chi connectivity index (χ1v) is 11.9. The largest absolute Gasteiger partial charge is 0.357 e. The lowest BCUT2D eigenvalue weighted by atomic mass is 10.4. The molecule has 0 aliphatic carbocycles. The number of nitrogens with zero attached hydrogens (tertiary/aromatic N) is 2. The summed E-state index contributed by atoms with van der Waals surface area (Å²) in [7, 11) is 7.14. The molecule has 0 saturated carbocycles. The fourth-order valence-corrected chi connectivity index (χ4v) is 8.14. The molecule has 108 valence electrons. The molecule has 19 heavy (non-hydrogen) atoms. The van der Waals surface area contributed by atoms with Gasteiger partial charge in [0, 0.05) is 26.2 Å². The Labute approximate surface area is 142 Å². The highest BCUT2D eigenvalue weighted by Gasteiger charge is 2.16. The van der Waals surface area contributed by atoms with E-state index in [-0.39, 0.29) is 0 Å². The molecule has 2 nitrogen and oxygen atoms in total. The molecule has 2 aliphatic rings. The highest BCUT2D eigenvalue weighted by atomic mass is 33.1. The molecule has 0 bridgehead atoms. The maximum Gasteiger partial charge on any atom is 0.147 e. The molecule has 0 aromatic carbocycles. The molecule has 0 aromatic rings. The van der Waals surface area contributed by atoms with E-state index < -0.39 is 0 Å². The highest BCUT2D eigenvalue weighted by molar-refractivity contribution is 8.91. The Bertz CT molecular complexity index is 282. The van der Waals surface area contributed by atoms with Crippen LogP contribution in [-0.4, -0.2) is 49.7 Å². The summed E-state index contributed by atoms with van der Waals surface area (Å²) in [5.41, 5.74) is 0. The topological polar surface area (TPSA) is 6.48 Å². The van der Waals surface area contributed by atoms with E-state index in [1.165, 1.54) is 25.7 Å². The van der Waals surface area contributed by atoms with Crippen molar-refractivity contribution in [2.75, 3.05) is 31.3 Å². The van der Waals surface area contributed by atoms with Crippen LogP contribution < -0.4 is 0 Å². The number of rotatable bonds is 4. The van der Waals surface area contributed by atoms with Crippen LogP contribution in [-0.2, 0) is 0 Å². The maximum absolute atomic E-state index is 5.42. The Morgan fingerprint density at radius 2 is 1.11 bits per heavy atom. The van der Waals surface area contributed by atoms with Gasteiger partial charge in [-0.3, -0.25) is 0 Å². The first kappa shape index (κ1) is 16.5. The number of hydrogen-bond donors (Lipinski definition) is 0. The van der Waals surface area contributed by atoms with E-state index >= 15 is 0 Å². The van der Waals surface area contributed by atoms with Crippen LogP contribution in [0.25, 0.3) is 0 Å². The van der Waals surface area contributed by atoms with Crippen molar-refractivity contribution in [3.8, 4) is 0 Å². The second-order valence-electron chi connectivity index (χ2n) is 4.44. The van der Waals surface area contributed by atoms with Crippen molar-refractivity contribution in [1.29, 1.82) is 0 Å². The van der Waals surface area contributed by atoms with Crippen LogP contribution in [0.1, 0.15) is 25.7 Å². The first-order chi connectivity index (χ1) is 9.27. The van der Waals surface area contributed by atoms with Gasteiger partial charge in [0.2, 0.25) is 0 Å². The van der Waals surface area contributed by atoms with Crippen LogP contribution in [0.2, 0.25) is 0 Å². The van der Waals surface area contributed by atoms with Gasteiger partial charge in [0.1, 0.15) is 8.64 Å². The summed E-state index contributed by atoms with van der Waals surface area (Å²) in [5.74, 6) is 0. The molecule has 0 amide bonds. The SMILES string of the molecule is S=C(SSCSSC(=S)N1CCCC1)N1CCCC1. The zero-order valence-electron chi connectivity index (χ0n) is 10.7. The van der Waals surface area contributed by atoms with Crippen LogP contribution in [0, 0.1) is 0 Å². The van der Waals surface area contributed by atoms with Gasteiger partial charge >= 0.3 is 0 Å². The molecular weight excluding hydrogens is 353 g/mol. The minimum atomic E-state index is 1.03. The number of thiocarbonyl (C=S) groups is 2. The number of likely N-dealkylation sites (tertiary alicyclic amines) is 2. The summed E-state index contributed by atoms with van der Waals surface area (Å²) in [4.78, 5) is 4.64. The predicted octanol–water partition coefficient (Wildman–Crippen LogP) is 4.47. The van der Waals surface area contributed by atoms with Gasteiger partial charge in [-0.15, -0.1) is 0 Å². The molecular formula is C11H18N2S6. The van der Waals surface area contributed by atoms with Crippen LogP contribution >= 0.6 is 67.6 Å². The van der Waals surface area contributed by atoms with Crippen LogP contribution in [0.3, 0.4) is 0 Å². The fourth-order valence-electron chi connectivity index (χ4n) is 2.07. The van der Waals surface area contributed by atoms with E-state index in [1.54, 1.807) is 21.6 Å². The van der Waals surface area contributed by atoms with Crippen molar-refractivity contribution in [2.45, 2.75) is 25.7 Å². The second-order valence-corrected chi connectivity index (χ2v) is 10.7. The third kappa shape index (κ3) is 5.82. The van der Waals surface area contributed by atoms with Crippen molar-refractivity contribution >= 4 is 76.3 Å². The minimum Gasteiger partial charge on any atom is -0.357 e. The lowest BCUT2D eigenvalue weighted by molar-refractivity contribution is 0.539. The molecule has 2 aliphatic heterocycles. The standard InChI is InChI=1S/C11H18N2S6/c14-10(12-5-1-2-6-12)18-16-9-17-19-11(15)13-7-3-4-8-13/h1-9H2. The maximum atomic E-state index is 5.42. The Hall–Kier alpha value is 1.18.